The molecule has 52 heavy (non-hydrogen) atoms. The monoisotopic (exact) mass is 750 g/mol. The van der Waals surface area contributed by atoms with E-state index in [0.717, 1.165) is 57.8 Å². The Kier molecular flexibility index (Phi) is 33.3. The Balaban J connectivity index is 4.31. The molecule has 0 aromatic carbocycles. The van der Waals surface area contributed by atoms with E-state index in [1.54, 1.807) is 0 Å². The van der Waals surface area contributed by atoms with Gasteiger partial charge < -0.3 is 29.5 Å². The third kappa shape index (κ3) is 35.5. The third-order valence-corrected chi connectivity index (χ3v) is 8.08. The number of rotatable bonds is 33. The van der Waals surface area contributed by atoms with Gasteiger partial charge >= 0.3 is 19.8 Å². The SMILES string of the molecule is CC/C=C\C/C=C\C/C=C\C/C=C\C[C@H](O)[C@@H](O)CCCC(=O)OC[C@H](COP(=O)(O)O)OC(=O)CCCC/C=C\C/C=C\C/C=C\CCCCC. The lowest BCUT2D eigenvalue weighted by Crippen LogP contribution is -2.29. The van der Waals surface area contributed by atoms with Gasteiger partial charge in [0.1, 0.15) is 6.61 Å². The summed E-state index contributed by atoms with van der Waals surface area (Å²) in [6, 6.07) is 0. The second kappa shape index (κ2) is 35.2. The lowest BCUT2D eigenvalue weighted by atomic mass is 10.0. The van der Waals surface area contributed by atoms with E-state index in [1.165, 1.54) is 19.3 Å². The lowest BCUT2D eigenvalue weighted by molar-refractivity contribution is -0.161. The zero-order valence-electron chi connectivity index (χ0n) is 31.6. The molecule has 0 heterocycles. The summed E-state index contributed by atoms with van der Waals surface area (Å²) >= 11 is 0. The van der Waals surface area contributed by atoms with Crippen molar-refractivity contribution in [2.75, 3.05) is 13.2 Å². The van der Waals surface area contributed by atoms with E-state index in [-0.39, 0.29) is 32.1 Å². The molecule has 0 amide bonds. The largest absolute Gasteiger partial charge is 0.469 e. The highest BCUT2D eigenvalue weighted by Gasteiger charge is 2.23. The Morgan fingerprint density at radius 2 is 1.10 bits per heavy atom. The van der Waals surface area contributed by atoms with Gasteiger partial charge in [-0.2, -0.15) is 0 Å². The molecule has 0 saturated carbocycles. The molecular formula is C41H67O10P. The Bertz CT molecular complexity index is 1150. The maximum atomic E-state index is 12.4. The van der Waals surface area contributed by atoms with Gasteiger partial charge in [-0.3, -0.25) is 14.1 Å². The predicted octanol–water partition coefficient (Wildman–Crippen LogP) is 9.23. The van der Waals surface area contributed by atoms with Crippen LogP contribution in [0.15, 0.2) is 85.1 Å². The van der Waals surface area contributed by atoms with Crippen molar-refractivity contribution in [3.8, 4) is 0 Å². The number of hydrogen-bond donors (Lipinski definition) is 4. The van der Waals surface area contributed by atoms with E-state index in [0.29, 0.717) is 6.42 Å². The number of carbonyl (C=O) groups excluding carboxylic acids is 2. The average Bonchev–Trinajstić information content (AvgIpc) is 3.11. The number of ether oxygens (including phenoxy) is 2. The number of unbranched alkanes of at least 4 members (excludes halogenated alkanes) is 5. The van der Waals surface area contributed by atoms with E-state index < -0.39 is 51.3 Å². The number of phosphoric acid groups is 1. The molecule has 0 unspecified atom stereocenters. The van der Waals surface area contributed by atoms with Crippen molar-refractivity contribution >= 4 is 19.8 Å². The first-order chi connectivity index (χ1) is 25.1. The van der Waals surface area contributed by atoms with Crippen LogP contribution in [0.5, 0.6) is 0 Å². The maximum absolute atomic E-state index is 12.4. The first kappa shape index (κ1) is 49.1. The number of hydrogen-bond acceptors (Lipinski definition) is 8. The molecule has 0 fully saturated rings. The second-order valence-electron chi connectivity index (χ2n) is 12.5. The van der Waals surface area contributed by atoms with Crippen molar-refractivity contribution in [2.24, 2.45) is 0 Å². The minimum atomic E-state index is -4.84. The highest BCUT2D eigenvalue weighted by atomic mass is 31.2. The Morgan fingerprint density at radius 1 is 0.596 bits per heavy atom. The van der Waals surface area contributed by atoms with Crippen LogP contribution in [0, 0.1) is 0 Å². The molecule has 0 aromatic heterocycles. The zero-order chi connectivity index (χ0) is 38.5. The first-order valence-corrected chi connectivity index (χ1v) is 20.6. The van der Waals surface area contributed by atoms with Gasteiger partial charge in [0.15, 0.2) is 6.10 Å². The quantitative estimate of drug-likeness (QED) is 0.0220. The molecule has 3 atom stereocenters. The van der Waals surface area contributed by atoms with Gasteiger partial charge in [-0.25, -0.2) is 4.57 Å². The van der Waals surface area contributed by atoms with Gasteiger partial charge in [0.05, 0.1) is 18.8 Å². The van der Waals surface area contributed by atoms with Crippen LogP contribution in [0.25, 0.3) is 0 Å². The standard InChI is InChI=1S/C41H67O10P/c1-3-5-7-9-11-13-15-17-18-19-21-23-25-27-29-33-41(45)51-37(36-50-52(46,47)48)35-49-40(44)34-30-32-39(43)38(42)31-28-26-24-22-20-16-14-12-10-8-6-4-2/h6,8,11-14,17-18,20-23,26,28,37-39,42-43H,3-5,7,9-10,15-16,19,24-25,27,29-36H2,1-2H3,(H2,46,47,48)/b8-6-,13-11-,14-12-,18-17-,22-20-,23-21-,28-26-/t37-,38+,39+/m1/s1. The second-order valence-corrected chi connectivity index (χ2v) is 13.7. The van der Waals surface area contributed by atoms with Gasteiger partial charge in [0.25, 0.3) is 0 Å². The number of allylic oxidation sites excluding steroid dienone is 13. The Hall–Kier alpha value is -2.85. The van der Waals surface area contributed by atoms with Crippen LogP contribution in [0.3, 0.4) is 0 Å². The normalized spacial score (nSPS) is 14.7. The Morgan fingerprint density at radius 3 is 1.63 bits per heavy atom. The summed E-state index contributed by atoms with van der Waals surface area (Å²) in [5.74, 6) is -1.23. The Labute approximate surface area is 313 Å². The van der Waals surface area contributed by atoms with Gasteiger partial charge in [-0.1, -0.05) is 112 Å². The zero-order valence-corrected chi connectivity index (χ0v) is 32.5. The van der Waals surface area contributed by atoms with Gasteiger partial charge in [-0.15, -0.1) is 0 Å². The molecule has 0 aliphatic heterocycles. The summed E-state index contributed by atoms with van der Waals surface area (Å²) in [6.45, 7) is 3.23. The van der Waals surface area contributed by atoms with Gasteiger partial charge in [0.2, 0.25) is 0 Å². The molecule has 0 rings (SSSR count). The summed E-state index contributed by atoms with van der Waals surface area (Å²) in [4.78, 5) is 42.8. The average molecular weight is 751 g/mol. The molecule has 4 N–H and O–H groups in total. The summed E-state index contributed by atoms with van der Waals surface area (Å²) in [5, 5.41) is 20.5. The fraction of sp³-hybridized carbons (Fsp3) is 0.610. The molecule has 0 radical (unpaired) electrons. The minimum absolute atomic E-state index is 0.0623. The molecule has 0 bridgehead atoms. The van der Waals surface area contributed by atoms with Crippen molar-refractivity contribution in [3.05, 3.63) is 85.1 Å². The van der Waals surface area contributed by atoms with E-state index in [2.05, 4.69) is 85.2 Å². The summed E-state index contributed by atoms with van der Waals surface area (Å²) in [7, 11) is -4.84. The highest BCUT2D eigenvalue weighted by molar-refractivity contribution is 7.46. The molecular weight excluding hydrogens is 683 g/mol. The van der Waals surface area contributed by atoms with E-state index in [9.17, 15) is 24.4 Å². The highest BCUT2D eigenvalue weighted by Crippen LogP contribution is 2.36. The van der Waals surface area contributed by atoms with Crippen molar-refractivity contribution in [1.29, 1.82) is 0 Å². The van der Waals surface area contributed by atoms with Crippen molar-refractivity contribution in [2.45, 2.75) is 148 Å². The van der Waals surface area contributed by atoms with Crippen LogP contribution in [0.1, 0.15) is 129 Å². The molecule has 0 saturated heterocycles. The van der Waals surface area contributed by atoms with Crippen molar-refractivity contribution in [3.63, 3.8) is 0 Å². The van der Waals surface area contributed by atoms with Crippen LogP contribution in [0.2, 0.25) is 0 Å². The fourth-order valence-corrected chi connectivity index (χ4v) is 5.00. The van der Waals surface area contributed by atoms with Crippen LogP contribution in [-0.2, 0) is 28.2 Å². The van der Waals surface area contributed by atoms with Crippen LogP contribution < -0.4 is 0 Å². The third-order valence-electron chi connectivity index (χ3n) is 7.60. The smallest absolute Gasteiger partial charge is 0.462 e. The number of phosphoric ester groups is 1. The molecule has 0 aliphatic carbocycles. The summed E-state index contributed by atoms with van der Waals surface area (Å²) in [6.07, 6.45) is 39.1. The lowest BCUT2D eigenvalue weighted by Gasteiger charge is -2.19. The molecule has 0 aliphatic rings. The molecule has 11 heteroatoms. The number of carbonyl (C=O) groups is 2. The number of aliphatic hydroxyl groups is 2. The maximum Gasteiger partial charge on any atom is 0.469 e. The number of esters is 2. The fourth-order valence-electron chi connectivity index (χ4n) is 4.64. The molecule has 296 valence electrons. The van der Waals surface area contributed by atoms with Crippen molar-refractivity contribution < 1.29 is 48.2 Å². The van der Waals surface area contributed by atoms with E-state index >= 15 is 0 Å². The van der Waals surface area contributed by atoms with Crippen molar-refractivity contribution in [1.82, 2.24) is 0 Å². The van der Waals surface area contributed by atoms with E-state index in [4.69, 9.17) is 19.3 Å². The molecule has 10 nitrogen and oxygen atoms in total. The molecule has 0 aromatic rings. The first-order valence-electron chi connectivity index (χ1n) is 19.0. The van der Waals surface area contributed by atoms with Crippen LogP contribution in [-0.4, -0.2) is 63.5 Å². The summed E-state index contributed by atoms with van der Waals surface area (Å²) in [5.41, 5.74) is 0. The van der Waals surface area contributed by atoms with Crippen LogP contribution >= 0.6 is 7.82 Å². The topological polar surface area (TPSA) is 160 Å². The summed E-state index contributed by atoms with van der Waals surface area (Å²) < 4.78 is 26.1. The molecule has 0 spiro atoms. The van der Waals surface area contributed by atoms with Gasteiger partial charge in [-0.05, 0) is 89.9 Å². The number of aliphatic hydroxyl groups excluding tert-OH is 2. The van der Waals surface area contributed by atoms with Gasteiger partial charge in [0, 0.05) is 12.8 Å². The minimum Gasteiger partial charge on any atom is -0.462 e. The predicted molar refractivity (Wildman–Crippen MR) is 209 cm³/mol. The van der Waals surface area contributed by atoms with Crippen LogP contribution in [0.4, 0.5) is 0 Å². The van der Waals surface area contributed by atoms with E-state index in [1.807, 2.05) is 18.2 Å².